The van der Waals surface area contributed by atoms with E-state index < -0.39 is 0 Å². The highest BCUT2D eigenvalue weighted by Crippen LogP contribution is 2.24. The number of hydrogen-bond acceptors (Lipinski definition) is 3. The van der Waals surface area contributed by atoms with Gasteiger partial charge in [0.2, 0.25) is 5.96 Å². The molecule has 4 N–H and O–H groups in total. The zero-order chi connectivity index (χ0) is 12.8. The summed E-state index contributed by atoms with van der Waals surface area (Å²) in [7, 11) is 1.63. The molecule has 0 unspecified atom stereocenters. The van der Waals surface area contributed by atoms with Crippen molar-refractivity contribution in [3.8, 4) is 5.75 Å². The monoisotopic (exact) mass is 236 g/mol. The summed E-state index contributed by atoms with van der Waals surface area (Å²) in [6.07, 6.45) is 0. The second-order valence-corrected chi connectivity index (χ2v) is 4.04. The molecular weight excluding hydrogens is 216 g/mol. The highest BCUT2D eigenvalue weighted by Gasteiger charge is 2.05. The Morgan fingerprint density at radius 2 is 2.12 bits per heavy atom. The van der Waals surface area contributed by atoms with Crippen molar-refractivity contribution in [2.24, 2.45) is 10.8 Å². The summed E-state index contributed by atoms with van der Waals surface area (Å²) in [4.78, 5) is 4.31. The van der Waals surface area contributed by atoms with E-state index >= 15 is 0 Å². The Morgan fingerprint density at radius 3 is 2.65 bits per heavy atom. The molecule has 1 aromatic rings. The molecule has 0 aliphatic rings. The number of rotatable bonds is 3. The molecule has 0 atom stereocenters. The Kier molecular flexibility index (Phi) is 4.78. The van der Waals surface area contributed by atoms with Crippen LogP contribution in [0.2, 0.25) is 0 Å². The average Bonchev–Trinajstić information content (AvgIpc) is 2.28. The van der Waals surface area contributed by atoms with Gasteiger partial charge in [0.05, 0.1) is 12.8 Å². The van der Waals surface area contributed by atoms with E-state index in [4.69, 9.17) is 10.6 Å². The Labute approximate surface area is 102 Å². The molecule has 17 heavy (non-hydrogen) atoms. The fourth-order valence-corrected chi connectivity index (χ4v) is 1.41. The van der Waals surface area contributed by atoms with E-state index in [0.29, 0.717) is 5.96 Å². The van der Waals surface area contributed by atoms with E-state index in [1.165, 1.54) is 0 Å². The second kappa shape index (κ2) is 6.10. The maximum absolute atomic E-state index is 5.41. The number of benzene rings is 1. The van der Waals surface area contributed by atoms with Crippen molar-refractivity contribution in [3.05, 3.63) is 23.8 Å². The van der Waals surface area contributed by atoms with Crippen molar-refractivity contribution in [1.82, 2.24) is 5.43 Å². The fraction of sp³-hybridized carbons (Fsp3) is 0.417. The molecule has 0 aromatic heterocycles. The summed E-state index contributed by atoms with van der Waals surface area (Å²) >= 11 is 0. The lowest BCUT2D eigenvalue weighted by molar-refractivity contribution is 0.417. The van der Waals surface area contributed by atoms with Crippen LogP contribution in [0, 0.1) is 6.92 Å². The van der Waals surface area contributed by atoms with Crippen LogP contribution in [0.4, 0.5) is 5.69 Å². The SMILES string of the molecule is COc1ccc(C)cc1NC(=NC(C)C)NN. The number of hydrazine groups is 1. The Morgan fingerprint density at radius 1 is 1.41 bits per heavy atom. The van der Waals surface area contributed by atoms with Crippen LogP contribution < -0.4 is 21.3 Å². The van der Waals surface area contributed by atoms with Gasteiger partial charge in [0.25, 0.3) is 0 Å². The minimum Gasteiger partial charge on any atom is -0.495 e. The number of methoxy groups -OCH3 is 1. The van der Waals surface area contributed by atoms with Crippen molar-refractivity contribution >= 4 is 11.6 Å². The Bertz CT molecular complexity index is 401. The van der Waals surface area contributed by atoms with E-state index in [2.05, 4.69) is 15.7 Å². The van der Waals surface area contributed by atoms with Crippen LogP contribution in [-0.2, 0) is 0 Å². The number of guanidine groups is 1. The van der Waals surface area contributed by atoms with Crippen LogP contribution in [0.3, 0.4) is 0 Å². The molecule has 0 saturated carbocycles. The summed E-state index contributed by atoms with van der Waals surface area (Å²) in [6, 6.07) is 6.02. The first-order valence-corrected chi connectivity index (χ1v) is 5.53. The lowest BCUT2D eigenvalue weighted by Gasteiger charge is -2.14. The molecule has 94 valence electrons. The summed E-state index contributed by atoms with van der Waals surface area (Å²) in [6.45, 7) is 5.97. The minimum atomic E-state index is 0.157. The van der Waals surface area contributed by atoms with Gasteiger partial charge in [-0.25, -0.2) is 10.8 Å². The maximum Gasteiger partial charge on any atom is 0.210 e. The first kappa shape index (κ1) is 13.3. The molecule has 1 rings (SSSR count). The standard InChI is InChI=1S/C12H20N4O/c1-8(2)14-12(16-13)15-10-7-9(3)5-6-11(10)17-4/h5-8H,13H2,1-4H3,(H2,14,15,16). The number of aliphatic imine (C=N–C) groups is 1. The Balaban J connectivity index is 2.96. The van der Waals surface area contributed by atoms with Crippen molar-refractivity contribution in [2.45, 2.75) is 26.8 Å². The van der Waals surface area contributed by atoms with E-state index in [1.807, 2.05) is 39.0 Å². The van der Waals surface area contributed by atoms with Crippen molar-refractivity contribution < 1.29 is 4.74 Å². The number of anilines is 1. The molecule has 5 heteroatoms. The highest BCUT2D eigenvalue weighted by molar-refractivity contribution is 5.94. The molecule has 0 saturated heterocycles. The van der Waals surface area contributed by atoms with Crippen molar-refractivity contribution in [2.75, 3.05) is 12.4 Å². The van der Waals surface area contributed by atoms with Crippen molar-refractivity contribution in [1.29, 1.82) is 0 Å². The summed E-state index contributed by atoms with van der Waals surface area (Å²) in [5, 5.41) is 3.11. The molecule has 1 aromatic carbocycles. The molecular formula is C12H20N4O. The molecule has 0 bridgehead atoms. The molecule has 5 nitrogen and oxygen atoms in total. The van der Waals surface area contributed by atoms with E-state index in [9.17, 15) is 0 Å². The summed E-state index contributed by atoms with van der Waals surface area (Å²) in [5.41, 5.74) is 4.51. The Hall–Kier alpha value is -1.75. The van der Waals surface area contributed by atoms with Crippen LogP contribution in [-0.4, -0.2) is 19.1 Å². The first-order chi connectivity index (χ1) is 8.06. The van der Waals surface area contributed by atoms with E-state index in [0.717, 1.165) is 17.0 Å². The van der Waals surface area contributed by atoms with Gasteiger partial charge < -0.3 is 10.1 Å². The van der Waals surface area contributed by atoms with Crippen LogP contribution >= 0.6 is 0 Å². The topological polar surface area (TPSA) is 71.7 Å². The lowest BCUT2D eigenvalue weighted by Crippen LogP contribution is -2.37. The largest absolute Gasteiger partial charge is 0.495 e. The quantitative estimate of drug-likeness (QED) is 0.323. The van der Waals surface area contributed by atoms with Gasteiger partial charge in [-0.15, -0.1) is 0 Å². The summed E-state index contributed by atoms with van der Waals surface area (Å²) in [5.74, 6) is 6.68. The molecule has 0 aliphatic carbocycles. The van der Waals surface area contributed by atoms with E-state index in [-0.39, 0.29) is 6.04 Å². The zero-order valence-corrected chi connectivity index (χ0v) is 10.7. The minimum absolute atomic E-state index is 0.157. The van der Waals surface area contributed by atoms with Gasteiger partial charge in [-0.1, -0.05) is 6.07 Å². The lowest BCUT2D eigenvalue weighted by atomic mass is 10.2. The number of hydrogen-bond donors (Lipinski definition) is 3. The molecule has 0 aliphatic heterocycles. The predicted molar refractivity (Wildman–Crippen MR) is 71.2 cm³/mol. The average molecular weight is 236 g/mol. The van der Waals surface area contributed by atoms with E-state index in [1.54, 1.807) is 7.11 Å². The van der Waals surface area contributed by atoms with Gasteiger partial charge in [-0.3, -0.25) is 5.43 Å². The van der Waals surface area contributed by atoms with Crippen molar-refractivity contribution in [3.63, 3.8) is 0 Å². The number of nitrogens with one attached hydrogen (secondary N) is 2. The zero-order valence-electron chi connectivity index (χ0n) is 10.7. The highest BCUT2D eigenvalue weighted by atomic mass is 16.5. The smallest absolute Gasteiger partial charge is 0.210 e. The van der Waals surface area contributed by atoms with Crippen LogP contribution in [0.5, 0.6) is 5.75 Å². The third-order valence-electron chi connectivity index (χ3n) is 2.13. The number of nitrogens with two attached hydrogens (primary N) is 1. The van der Waals surface area contributed by atoms with Gasteiger partial charge in [0, 0.05) is 6.04 Å². The number of nitrogens with zero attached hydrogens (tertiary/aromatic N) is 1. The maximum atomic E-state index is 5.41. The molecule has 0 radical (unpaired) electrons. The molecule has 0 fully saturated rings. The van der Waals surface area contributed by atoms with Gasteiger partial charge >= 0.3 is 0 Å². The van der Waals surface area contributed by atoms with Gasteiger partial charge in [0.1, 0.15) is 5.75 Å². The van der Waals surface area contributed by atoms with Crippen LogP contribution in [0.25, 0.3) is 0 Å². The first-order valence-electron chi connectivity index (χ1n) is 5.53. The normalized spacial score (nSPS) is 11.5. The van der Waals surface area contributed by atoms with Gasteiger partial charge in [-0.05, 0) is 38.5 Å². The van der Waals surface area contributed by atoms with Gasteiger partial charge in [-0.2, -0.15) is 0 Å². The van der Waals surface area contributed by atoms with Gasteiger partial charge in [0.15, 0.2) is 0 Å². The number of aryl methyl sites for hydroxylation is 1. The summed E-state index contributed by atoms with van der Waals surface area (Å²) < 4.78 is 5.26. The van der Waals surface area contributed by atoms with Crippen LogP contribution in [0.15, 0.2) is 23.2 Å². The molecule has 0 heterocycles. The predicted octanol–water partition coefficient (Wildman–Crippen LogP) is 1.64. The third-order valence-corrected chi connectivity index (χ3v) is 2.13. The molecule has 0 amide bonds. The number of ether oxygens (including phenoxy) is 1. The van der Waals surface area contributed by atoms with Crippen LogP contribution in [0.1, 0.15) is 19.4 Å². The fourth-order valence-electron chi connectivity index (χ4n) is 1.41. The molecule has 0 spiro atoms. The second-order valence-electron chi connectivity index (χ2n) is 4.04. The third kappa shape index (κ3) is 3.96.